The number of ether oxygens (including phenoxy) is 4. The van der Waals surface area contributed by atoms with Gasteiger partial charge >= 0.3 is 0 Å². The zero-order valence-electron chi connectivity index (χ0n) is 27.0. The first-order valence-corrected chi connectivity index (χ1v) is 16.3. The number of nitrogens with zero attached hydrogens (tertiary/aromatic N) is 2. The van der Waals surface area contributed by atoms with E-state index in [1.807, 2.05) is 0 Å². The summed E-state index contributed by atoms with van der Waals surface area (Å²) in [4.78, 5) is 28.8. The summed E-state index contributed by atoms with van der Waals surface area (Å²) in [7, 11) is 1.10. The number of nitrogens with one attached hydrogen (secondary N) is 1. The number of anilines is 1. The number of hydrogen-bond acceptors (Lipinski definition) is 8. The number of carbonyl (C=O) groups is 2. The molecule has 0 heterocycles. The number of methoxy groups -OCH3 is 4. The normalized spacial score (nSPS) is 12.1. The molecule has 0 aromatic heterocycles. The van der Waals surface area contributed by atoms with Crippen molar-refractivity contribution in [3.05, 3.63) is 70.2 Å². The van der Waals surface area contributed by atoms with E-state index in [4.69, 9.17) is 42.1 Å². The molecule has 2 amide bonds. The van der Waals surface area contributed by atoms with Gasteiger partial charge in [0.25, 0.3) is 10.0 Å². The monoisotopic (exact) mass is 695 g/mol. The van der Waals surface area contributed by atoms with Gasteiger partial charge in [-0.15, -0.1) is 0 Å². The summed E-state index contributed by atoms with van der Waals surface area (Å²) in [5, 5.41) is 3.43. The number of benzene rings is 3. The van der Waals surface area contributed by atoms with E-state index in [1.54, 1.807) is 52.0 Å². The Morgan fingerprint density at radius 3 is 1.98 bits per heavy atom. The van der Waals surface area contributed by atoms with Crippen LogP contribution in [0.15, 0.2) is 59.5 Å². The Morgan fingerprint density at radius 2 is 1.43 bits per heavy atom. The Morgan fingerprint density at radius 1 is 0.848 bits per heavy atom. The number of carbonyl (C=O) groups excluding carboxylic acids is 2. The molecule has 0 radical (unpaired) electrons. The summed E-state index contributed by atoms with van der Waals surface area (Å²) in [6, 6.07) is 12.4. The second kappa shape index (κ2) is 15.1. The third kappa shape index (κ3) is 8.48. The van der Waals surface area contributed by atoms with Gasteiger partial charge in [-0.05, 0) is 64.1 Å². The first-order valence-electron chi connectivity index (χ1n) is 14.1. The van der Waals surface area contributed by atoms with Gasteiger partial charge in [0, 0.05) is 39.8 Å². The molecule has 0 aliphatic rings. The van der Waals surface area contributed by atoms with E-state index in [-0.39, 0.29) is 38.7 Å². The molecule has 46 heavy (non-hydrogen) atoms. The summed E-state index contributed by atoms with van der Waals surface area (Å²) in [5.41, 5.74) is -0.200. The molecule has 1 atom stereocenters. The van der Waals surface area contributed by atoms with Crippen LogP contribution in [0.2, 0.25) is 10.0 Å². The van der Waals surface area contributed by atoms with Gasteiger partial charge in [0.15, 0.2) is 11.5 Å². The van der Waals surface area contributed by atoms with Crippen LogP contribution in [0.25, 0.3) is 0 Å². The van der Waals surface area contributed by atoms with Gasteiger partial charge in [-0.2, -0.15) is 0 Å². The first-order chi connectivity index (χ1) is 21.6. The van der Waals surface area contributed by atoms with Crippen LogP contribution in [-0.4, -0.2) is 71.7 Å². The maximum absolute atomic E-state index is 14.4. The van der Waals surface area contributed by atoms with E-state index in [0.29, 0.717) is 17.1 Å². The van der Waals surface area contributed by atoms with Gasteiger partial charge in [0.05, 0.1) is 39.0 Å². The highest BCUT2D eigenvalue weighted by atomic mass is 35.5. The highest BCUT2D eigenvalue weighted by Gasteiger charge is 2.35. The summed E-state index contributed by atoms with van der Waals surface area (Å²) < 4.78 is 51.3. The Hall–Kier alpha value is -3.87. The van der Waals surface area contributed by atoms with Crippen LogP contribution in [0.1, 0.15) is 33.3 Å². The Bertz CT molecular complexity index is 1660. The number of halogens is 2. The molecule has 11 nitrogen and oxygen atoms in total. The number of amides is 2. The average Bonchev–Trinajstić information content (AvgIpc) is 3.01. The minimum Gasteiger partial charge on any atom is -0.497 e. The molecule has 0 bridgehead atoms. The lowest BCUT2D eigenvalue weighted by molar-refractivity contribution is -0.140. The van der Waals surface area contributed by atoms with E-state index in [0.717, 1.165) is 4.31 Å². The lowest BCUT2D eigenvalue weighted by Crippen LogP contribution is -2.54. The number of sulfonamides is 1. The molecular formula is C32H39Cl2N3O8S. The summed E-state index contributed by atoms with van der Waals surface area (Å²) in [5.74, 6) is -0.247. The summed E-state index contributed by atoms with van der Waals surface area (Å²) >= 11 is 12.9. The Kier molecular flexibility index (Phi) is 12.0. The van der Waals surface area contributed by atoms with Gasteiger partial charge in [0.2, 0.25) is 11.8 Å². The first kappa shape index (κ1) is 36.6. The fraction of sp³-hybridized carbons (Fsp3) is 0.375. The fourth-order valence-corrected chi connectivity index (χ4v) is 6.47. The van der Waals surface area contributed by atoms with Crippen molar-refractivity contribution >= 4 is 50.7 Å². The van der Waals surface area contributed by atoms with Crippen molar-refractivity contribution in [2.45, 2.75) is 50.7 Å². The Balaban J connectivity index is 2.21. The van der Waals surface area contributed by atoms with Crippen LogP contribution in [0, 0.1) is 0 Å². The van der Waals surface area contributed by atoms with Gasteiger partial charge < -0.3 is 29.2 Å². The quantitative estimate of drug-likeness (QED) is 0.247. The molecule has 250 valence electrons. The maximum Gasteiger partial charge on any atom is 0.265 e. The van der Waals surface area contributed by atoms with E-state index < -0.39 is 40.0 Å². The molecule has 0 saturated heterocycles. The van der Waals surface area contributed by atoms with Gasteiger partial charge in [0.1, 0.15) is 24.1 Å². The molecule has 0 fully saturated rings. The zero-order valence-corrected chi connectivity index (χ0v) is 29.3. The predicted molar refractivity (Wildman–Crippen MR) is 178 cm³/mol. The van der Waals surface area contributed by atoms with E-state index in [2.05, 4.69) is 5.32 Å². The second-order valence-corrected chi connectivity index (χ2v) is 13.9. The van der Waals surface area contributed by atoms with Crippen molar-refractivity contribution in [3.8, 4) is 23.0 Å². The highest BCUT2D eigenvalue weighted by Crippen LogP contribution is 2.38. The van der Waals surface area contributed by atoms with Crippen LogP contribution < -0.4 is 28.6 Å². The van der Waals surface area contributed by atoms with Gasteiger partial charge in [-0.3, -0.25) is 13.9 Å². The van der Waals surface area contributed by atoms with Crippen molar-refractivity contribution in [2.75, 3.05) is 39.3 Å². The van der Waals surface area contributed by atoms with E-state index >= 15 is 0 Å². The number of rotatable bonds is 13. The maximum atomic E-state index is 14.4. The number of hydrogen-bond donors (Lipinski definition) is 1. The average molecular weight is 697 g/mol. The molecule has 3 aromatic carbocycles. The van der Waals surface area contributed by atoms with Gasteiger partial charge in [-0.25, -0.2) is 8.42 Å². The molecule has 0 spiro atoms. The lowest BCUT2D eigenvalue weighted by Gasteiger charge is -2.34. The van der Waals surface area contributed by atoms with Crippen molar-refractivity contribution in [2.24, 2.45) is 0 Å². The highest BCUT2D eigenvalue weighted by molar-refractivity contribution is 7.92. The molecule has 3 aromatic rings. The SMILES string of the molecule is COc1ccc(OC)c(N(CC(=O)N(Cc2c(Cl)cccc2Cl)[C@H](C)C(=O)NC(C)(C)C)S(=O)(=O)c2ccc(OC)c(OC)c2)c1. The zero-order chi connectivity index (χ0) is 34.4. The largest absolute Gasteiger partial charge is 0.497 e. The van der Waals surface area contributed by atoms with Crippen molar-refractivity contribution < 1.29 is 37.0 Å². The van der Waals surface area contributed by atoms with Crippen LogP contribution in [0.4, 0.5) is 5.69 Å². The lowest BCUT2D eigenvalue weighted by atomic mass is 10.1. The van der Waals surface area contributed by atoms with Crippen molar-refractivity contribution in [3.63, 3.8) is 0 Å². The molecule has 3 rings (SSSR count). The van der Waals surface area contributed by atoms with Crippen LogP contribution in [-0.2, 0) is 26.2 Å². The topological polar surface area (TPSA) is 124 Å². The van der Waals surface area contributed by atoms with Crippen LogP contribution >= 0.6 is 23.2 Å². The summed E-state index contributed by atoms with van der Waals surface area (Å²) in [6.07, 6.45) is 0. The smallest absolute Gasteiger partial charge is 0.265 e. The van der Waals surface area contributed by atoms with E-state index in [9.17, 15) is 18.0 Å². The molecular weight excluding hydrogens is 657 g/mol. The molecule has 0 saturated carbocycles. The Labute approximate surface area is 280 Å². The van der Waals surface area contributed by atoms with Crippen molar-refractivity contribution in [1.29, 1.82) is 0 Å². The molecule has 0 aliphatic heterocycles. The molecule has 14 heteroatoms. The second-order valence-electron chi connectivity index (χ2n) is 11.2. The van der Waals surface area contributed by atoms with Crippen LogP contribution in [0.3, 0.4) is 0 Å². The fourth-order valence-electron chi connectivity index (χ4n) is 4.52. The van der Waals surface area contributed by atoms with Crippen molar-refractivity contribution in [1.82, 2.24) is 10.2 Å². The molecule has 0 unspecified atom stereocenters. The minimum atomic E-state index is -4.50. The minimum absolute atomic E-state index is 0.0208. The standard InChI is InChI=1S/C32H39Cl2N3O8S/c1-20(31(39)35-32(2,3)4)36(18-23-24(33)10-9-11-25(23)34)30(38)19-37(26-16-21(42-5)12-14-27(26)43-6)46(40,41)22-13-15-28(44-7)29(17-22)45-8/h9-17,20H,18-19H2,1-8H3,(H,35,39)/t20-/m1/s1. The summed E-state index contributed by atoms with van der Waals surface area (Å²) in [6.45, 7) is 6.04. The van der Waals surface area contributed by atoms with Gasteiger partial charge in [-0.1, -0.05) is 29.3 Å². The van der Waals surface area contributed by atoms with Crippen LogP contribution in [0.5, 0.6) is 23.0 Å². The third-order valence-electron chi connectivity index (χ3n) is 6.93. The van der Waals surface area contributed by atoms with E-state index in [1.165, 1.54) is 63.7 Å². The molecule has 0 aliphatic carbocycles. The molecule has 1 N–H and O–H groups in total. The third-order valence-corrected chi connectivity index (χ3v) is 9.40. The predicted octanol–water partition coefficient (Wildman–Crippen LogP) is 5.56.